The molecule has 0 aliphatic rings. The predicted molar refractivity (Wildman–Crippen MR) is 107 cm³/mol. The summed E-state index contributed by atoms with van der Waals surface area (Å²) in [5.74, 6) is 0.528. The first-order chi connectivity index (χ1) is 13.5. The minimum atomic E-state index is -0.333. The number of aryl methyl sites for hydroxylation is 1. The maximum absolute atomic E-state index is 12.2. The van der Waals surface area contributed by atoms with Gasteiger partial charge in [0.05, 0.1) is 7.11 Å². The molecule has 0 bridgehead atoms. The van der Waals surface area contributed by atoms with Crippen LogP contribution >= 0.6 is 0 Å². The molecule has 0 saturated carbocycles. The summed E-state index contributed by atoms with van der Waals surface area (Å²) in [5, 5.41) is 5.54. The zero-order chi connectivity index (χ0) is 20.4. The molecule has 2 N–H and O–H groups in total. The summed E-state index contributed by atoms with van der Waals surface area (Å²) in [6.45, 7) is 2.88. The Labute approximate surface area is 165 Å². The van der Waals surface area contributed by atoms with Gasteiger partial charge in [-0.25, -0.2) is 0 Å². The van der Waals surface area contributed by atoms with Gasteiger partial charge in [0.25, 0.3) is 11.8 Å². The van der Waals surface area contributed by atoms with Gasteiger partial charge in [-0.15, -0.1) is 0 Å². The SMILES string of the molecule is COCCCNC(=O)c1cccc(NC(=O)COc2ccc(C)cc2OC)c1. The normalized spacial score (nSPS) is 10.2. The average molecular weight is 386 g/mol. The van der Waals surface area contributed by atoms with Gasteiger partial charge in [0.15, 0.2) is 18.1 Å². The van der Waals surface area contributed by atoms with E-state index in [9.17, 15) is 9.59 Å². The first-order valence-electron chi connectivity index (χ1n) is 8.98. The highest BCUT2D eigenvalue weighted by Crippen LogP contribution is 2.27. The lowest BCUT2D eigenvalue weighted by Crippen LogP contribution is -2.25. The van der Waals surface area contributed by atoms with Crippen LogP contribution in [0.5, 0.6) is 11.5 Å². The lowest BCUT2D eigenvalue weighted by molar-refractivity contribution is -0.118. The van der Waals surface area contributed by atoms with Crippen LogP contribution in [0.2, 0.25) is 0 Å². The first-order valence-corrected chi connectivity index (χ1v) is 8.98. The number of carbonyl (C=O) groups excluding carboxylic acids is 2. The number of amides is 2. The summed E-state index contributed by atoms with van der Waals surface area (Å²) in [5.41, 5.74) is 2.02. The highest BCUT2D eigenvalue weighted by molar-refractivity contribution is 5.97. The van der Waals surface area contributed by atoms with Crippen LogP contribution in [0.15, 0.2) is 42.5 Å². The van der Waals surface area contributed by atoms with Gasteiger partial charge in [0.2, 0.25) is 0 Å². The highest BCUT2D eigenvalue weighted by atomic mass is 16.5. The van der Waals surface area contributed by atoms with Gasteiger partial charge in [-0.1, -0.05) is 12.1 Å². The Bertz CT molecular complexity index is 807. The first kappa shape index (κ1) is 21.2. The van der Waals surface area contributed by atoms with Gasteiger partial charge in [0.1, 0.15) is 0 Å². The molecule has 0 aliphatic heterocycles. The molecule has 7 nitrogen and oxygen atoms in total. The summed E-state index contributed by atoms with van der Waals surface area (Å²) >= 11 is 0. The number of anilines is 1. The third-order valence-corrected chi connectivity index (χ3v) is 3.90. The molecule has 0 aliphatic carbocycles. The summed E-state index contributed by atoms with van der Waals surface area (Å²) in [6, 6.07) is 12.2. The molecule has 2 rings (SSSR count). The Morgan fingerprint density at radius 3 is 2.61 bits per heavy atom. The minimum absolute atomic E-state index is 0.174. The largest absolute Gasteiger partial charge is 0.493 e. The van der Waals surface area contributed by atoms with Gasteiger partial charge < -0.3 is 24.8 Å². The molecule has 0 aromatic heterocycles. The van der Waals surface area contributed by atoms with Crippen molar-refractivity contribution in [1.29, 1.82) is 0 Å². The van der Waals surface area contributed by atoms with E-state index in [2.05, 4.69) is 10.6 Å². The third kappa shape index (κ3) is 6.59. The molecule has 0 fully saturated rings. The van der Waals surface area contributed by atoms with Gasteiger partial charge in [-0.05, 0) is 49.2 Å². The van der Waals surface area contributed by atoms with Crippen molar-refractivity contribution in [2.75, 3.05) is 39.3 Å². The maximum Gasteiger partial charge on any atom is 0.262 e. The standard InChI is InChI=1S/C21H26N2O5/c1-15-8-9-18(19(12-15)27-3)28-14-20(24)23-17-7-4-6-16(13-17)21(25)22-10-5-11-26-2/h4,6-9,12-13H,5,10-11,14H2,1-3H3,(H,22,25)(H,23,24). The maximum atomic E-state index is 12.2. The molecule has 2 aromatic carbocycles. The van der Waals surface area contributed by atoms with Crippen LogP contribution in [-0.2, 0) is 9.53 Å². The zero-order valence-electron chi connectivity index (χ0n) is 16.4. The van der Waals surface area contributed by atoms with Crippen LogP contribution in [-0.4, -0.2) is 45.8 Å². The van der Waals surface area contributed by atoms with E-state index in [1.54, 1.807) is 44.6 Å². The van der Waals surface area contributed by atoms with E-state index in [-0.39, 0.29) is 18.4 Å². The summed E-state index contributed by atoms with van der Waals surface area (Å²) < 4.78 is 15.7. The number of ether oxygens (including phenoxy) is 3. The van der Waals surface area contributed by atoms with Gasteiger partial charge in [-0.2, -0.15) is 0 Å². The van der Waals surface area contributed by atoms with Crippen LogP contribution in [0.3, 0.4) is 0 Å². The number of carbonyl (C=O) groups is 2. The van der Waals surface area contributed by atoms with Gasteiger partial charge in [0, 0.05) is 31.5 Å². The predicted octanol–water partition coefficient (Wildman–Crippen LogP) is 2.79. The van der Waals surface area contributed by atoms with E-state index in [1.807, 2.05) is 19.1 Å². The monoisotopic (exact) mass is 386 g/mol. The number of nitrogens with one attached hydrogen (secondary N) is 2. The van der Waals surface area contributed by atoms with Crippen molar-refractivity contribution in [3.8, 4) is 11.5 Å². The Balaban J connectivity index is 1.89. The van der Waals surface area contributed by atoms with Gasteiger partial charge in [-0.3, -0.25) is 9.59 Å². The number of hydrogen-bond donors (Lipinski definition) is 2. The second-order valence-electron chi connectivity index (χ2n) is 6.17. The second-order valence-corrected chi connectivity index (χ2v) is 6.17. The number of benzene rings is 2. The quantitative estimate of drug-likeness (QED) is 0.613. The molecule has 0 unspecified atom stereocenters. The summed E-state index contributed by atoms with van der Waals surface area (Å²) in [4.78, 5) is 24.3. The molecule has 0 heterocycles. The fourth-order valence-corrected chi connectivity index (χ4v) is 2.49. The van der Waals surface area contributed by atoms with Crippen molar-refractivity contribution in [2.45, 2.75) is 13.3 Å². The zero-order valence-corrected chi connectivity index (χ0v) is 16.4. The molecule has 150 valence electrons. The van der Waals surface area contributed by atoms with Gasteiger partial charge >= 0.3 is 0 Å². The number of rotatable bonds is 10. The molecular weight excluding hydrogens is 360 g/mol. The molecule has 2 amide bonds. The van der Waals surface area contributed by atoms with Crippen molar-refractivity contribution < 1.29 is 23.8 Å². The highest BCUT2D eigenvalue weighted by Gasteiger charge is 2.10. The summed E-state index contributed by atoms with van der Waals surface area (Å²) in [7, 11) is 3.17. The van der Waals surface area contributed by atoms with E-state index in [4.69, 9.17) is 14.2 Å². The molecule has 28 heavy (non-hydrogen) atoms. The van der Waals surface area contributed by atoms with E-state index in [0.29, 0.717) is 35.9 Å². The smallest absolute Gasteiger partial charge is 0.262 e. The van der Waals surface area contributed by atoms with Crippen molar-refractivity contribution in [3.05, 3.63) is 53.6 Å². The fraction of sp³-hybridized carbons (Fsp3) is 0.333. The van der Waals surface area contributed by atoms with Crippen LogP contribution in [0.4, 0.5) is 5.69 Å². The van der Waals surface area contributed by atoms with Crippen LogP contribution in [0, 0.1) is 6.92 Å². The van der Waals surface area contributed by atoms with E-state index >= 15 is 0 Å². The van der Waals surface area contributed by atoms with Crippen LogP contribution < -0.4 is 20.1 Å². The molecular formula is C21H26N2O5. The minimum Gasteiger partial charge on any atom is -0.493 e. The number of hydrogen-bond acceptors (Lipinski definition) is 5. The number of methoxy groups -OCH3 is 2. The van der Waals surface area contributed by atoms with Crippen molar-refractivity contribution in [1.82, 2.24) is 5.32 Å². The van der Waals surface area contributed by atoms with Crippen molar-refractivity contribution >= 4 is 17.5 Å². The van der Waals surface area contributed by atoms with E-state index < -0.39 is 0 Å². The Morgan fingerprint density at radius 1 is 1.04 bits per heavy atom. The van der Waals surface area contributed by atoms with Crippen LogP contribution in [0.25, 0.3) is 0 Å². The molecule has 0 saturated heterocycles. The summed E-state index contributed by atoms with van der Waals surface area (Å²) in [6.07, 6.45) is 0.735. The molecule has 0 radical (unpaired) electrons. The lowest BCUT2D eigenvalue weighted by atomic mass is 10.2. The molecule has 0 spiro atoms. The van der Waals surface area contributed by atoms with Crippen LogP contribution in [0.1, 0.15) is 22.3 Å². The molecule has 2 aromatic rings. The second kappa shape index (κ2) is 10.9. The topological polar surface area (TPSA) is 85.9 Å². The Morgan fingerprint density at radius 2 is 1.86 bits per heavy atom. The average Bonchev–Trinajstić information content (AvgIpc) is 2.70. The molecule has 0 atom stereocenters. The third-order valence-electron chi connectivity index (χ3n) is 3.90. The van der Waals surface area contributed by atoms with Crippen molar-refractivity contribution in [3.63, 3.8) is 0 Å². The Kier molecular flexibility index (Phi) is 8.30. The van der Waals surface area contributed by atoms with E-state index in [0.717, 1.165) is 12.0 Å². The Hall–Kier alpha value is -3.06. The van der Waals surface area contributed by atoms with E-state index in [1.165, 1.54) is 0 Å². The molecule has 7 heteroatoms. The van der Waals surface area contributed by atoms with Crippen molar-refractivity contribution in [2.24, 2.45) is 0 Å². The fourth-order valence-electron chi connectivity index (χ4n) is 2.49. The lowest BCUT2D eigenvalue weighted by Gasteiger charge is -2.12.